The zero-order chi connectivity index (χ0) is 14.1. The highest BCUT2D eigenvalue weighted by Crippen LogP contribution is 2.40. The van der Waals surface area contributed by atoms with Gasteiger partial charge >= 0.3 is 0 Å². The first kappa shape index (κ1) is 12.9. The molecule has 0 atom stereocenters. The van der Waals surface area contributed by atoms with Gasteiger partial charge in [-0.15, -0.1) is 11.3 Å². The van der Waals surface area contributed by atoms with E-state index in [9.17, 15) is 4.39 Å². The van der Waals surface area contributed by atoms with Gasteiger partial charge in [-0.2, -0.15) is 0 Å². The van der Waals surface area contributed by atoms with Crippen molar-refractivity contribution in [3.8, 4) is 21.7 Å². The van der Waals surface area contributed by atoms with Gasteiger partial charge in [0.05, 0.1) is 10.4 Å². The van der Waals surface area contributed by atoms with Gasteiger partial charge in [0.15, 0.2) is 0 Å². The van der Waals surface area contributed by atoms with Crippen LogP contribution in [-0.4, -0.2) is 5.16 Å². The van der Waals surface area contributed by atoms with Gasteiger partial charge in [0.1, 0.15) is 11.5 Å². The number of nitrogens with zero attached hydrogens (tertiary/aromatic N) is 1. The molecule has 0 saturated carbocycles. The van der Waals surface area contributed by atoms with E-state index < -0.39 is 0 Å². The van der Waals surface area contributed by atoms with E-state index in [1.54, 1.807) is 29.5 Å². The lowest BCUT2D eigenvalue weighted by atomic mass is 10.0. The van der Waals surface area contributed by atoms with Crippen molar-refractivity contribution in [3.05, 3.63) is 47.1 Å². The minimum Gasteiger partial charge on any atom is -0.367 e. The van der Waals surface area contributed by atoms with Gasteiger partial charge in [0.2, 0.25) is 5.88 Å². The van der Waals surface area contributed by atoms with Crippen LogP contribution in [0.15, 0.2) is 40.2 Å². The first-order valence-electron chi connectivity index (χ1n) is 6.29. The van der Waals surface area contributed by atoms with E-state index in [0.29, 0.717) is 16.8 Å². The molecule has 0 aliphatic rings. The SMILES string of the molecule is CCc1ccsc1-c1noc(N)c1-c1ccccc1F. The van der Waals surface area contributed by atoms with E-state index in [-0.39, 0.29) is 11.7 Å². The highest BCUT2D eigenvalue weighted by Gasteiger charge is 2.22. The summed E-state index contributed by atoms with van der Waals surface area (Å²) in [6.45, 7) is 2.07. The molecule has 0 bridgehead atoms. The third-order valence-electron chi connectivity index (χ3n) is 3.20. The lowest BCUT2D eigenvalue weighted by Gasteiger charge is -2.04. The van der Waals surface area contributed by atoms with Crippen LogP contribution in [0, 0.1) is 5.82 Å². The molecule has 2 aromatic heterocycles. The summed E-state index contributed by atoms with van der Waals surface area (Å²) in [4.78, 5) is 0.978. The Bertz CT molecular complexity index is 748. The van der Waals surface area contributed by atoms with Gasteiger partial charge < -0.3 is 10.3 Å². The van der Waals surface area contributed by atoms with Crippen molar-refractivity contribution in [2.75, 3.05) is 5.73 Å². The van der Waals surface area contributed by atoms with Crippen LogP contribution in [0.2, 0.25) is 0 Å². The Morgan fingerprint density at radius 1 is 1.30 bits per heavy atom. The molecule has 0 fully saturated rings. The minimum absolute atomic E-state index is 0.139. The molecule has 3 aromatic rings. The second-order valence-corrected chi connectivity index (χ2v) is 5.29. The molecule has 0 unspecified atom stereocenters. The summed E-state index contributed by atoms with van der Waals surface area (Å²) in [6.07, 6.45) is 0.877. The predicted octanol–water partition coefficient (Wildman–Crippen LogP) is 4.35. The summed E-state index contributed by atoms with van der Waals surface area (Å²) in [6, 6.07) is 8.53. The van der Waals surface area contributed by atoms with Crippen LogP contribution in [0.5, 0.6) is 0 Å². The average molecular weight is 288 g/mol. The zero-order valence-electron chi connectivity index (χ0n) is 10.9. The number of aryl methyl sites for hydroxylation is 1. The van der Waals surface area contributed by atoms with Crippen LogP contribution >= 0.6 is 11.3 Å². The van der Waals surface area contributed by atoms with E-state index >= 15 is 0 Å². The van der Waals surface area contributed by atoms with Gasteiger partial charge in [-0.25, -0.2) is 4.39 Å². The summed E-state index contributed by atoms with van der Waals surface area (Å²) < 4.78 is 19.1. The Morgan fingerprint density at radius 2 is 2.10 bits per heavy atom. The molecule has 1 aromatic carbocycles. The number of anilines is 1. The number of rotatable bonds is 3. The van der Waals surface area contributed by atoms with Crippen LogP contribution < -0.4 is 5.73 Å². The molecule has 2 heterocycles. The van der Waals surface area contributed by atoms with Gasteiger partial charge in [0, 0.05) is 5.56 Å². The topological polar surface area (TPSA) is 52.0 Å². The highest BCUT2D eigenvalue weighted by atomic mass is 32.1. The third-order valence-corrected chi connectivity index (χ3v) is 4.17. The first-order chi connectivity index (χ1) is 9.72. The first-order valence-corrected chi connectivity index (χ1v) is 7.17. The van der Waals surface area contributed by atoms with Crippen LogP contribution in [0.25, 0.3) is 21.7 Å². The maximum absolute atomic E-state index is 14.0. The van der Waals surface area contributed by atoms with Gasteiger partial charge in [-0.1, -0.05) is 30.3 Å². The molecule has 20 heavy (non-hydrogen) atoms. The van der Waals surface area contributed by atoms with Gasteiger partial charge in [0.25, 0.3) is 0 Å². The van der Waals surface area contributed by atoms with Gasteiger partial charge in [-0.3, -0.25) is 0 Å². The molecule has 3 nitrogen and oxygen atoms in total. The van der Waals surface area contributed by atoms with Crippen LogP contribution in [0.4, 0.5) is 10.3 Å². The van der Waals surface area contributed by atoms with E-state index in [1.165, 1.54) is 6.07 Å². The molecule has 102 valence electrons. The Balaban J connectivity index is 2.23. The van der Waals surface area contributed by atoms with Crippen LogP contribution in [-0.2, 0) is 6.42 Å². The lowest BCUT2D eigenvalue weighted by molar-refractivity contribution is 0.439. The number of benzene rings is 1. The van der Waals surface area contributed by atoms with Crippen LogP contribution in [0.1, 0.15) is 12.5 Å². The molecular formula is C15H13FN2OS. The summed E-state index contributed by atoms with van der Waals surface area (Å²) >= 11 is 1.55. The van der Waals surface area contributed by atoms with Crippen molar-refractivity contribution < 1.29 is 8.91 Å². The smallest absolute Gasteiger partial charge is 0.230 e. The molecule has 0 aliphatic heterocycles. The van der Waals surface area contributed by atoms with Crippen LogP contribution in [0.3, 0.4) is 0 Å². The number of hydrogen-bond acceptors (Lipinski definition) is 4. The van der Waals surface area contributed by atoms with Crippen molar-refractivity contribution in [3.63, 3.8) is 0 Å². The van der Waals surface area contributed by atoms with Crippen molar-refractivity contribution in [1.82, 2.24) is 5.16 Å². The molecule has 3 rings (SSSR count). The summed E-state index contributed by atoms with van der Waals surface area (Å²) in [5, 5.41) is 6.02. The number of thiophene rings is 1. The number of halogens is 1. The molecule has 0 radical (unpaired) electrons. The standard InChI is InChI=1S/C15H13FN2OS/c1-2-9-7-8-20-14(9)13-12(15(17)19-18-13)10-5-3-4-6-11(10)16/h3-8H,2,17H2,1H3. The normalized spacial score (nSPS) is 10.9. The fourth-order valence-electron chi connectivity index (χ4n) is 2.20. The van der Waals surface area contributed by atoms with Crippen molar-refractivity contribution in [1.29, 1.82) is 0 Å². The van der Waals surface area contributed by atoms with E-state index in [0.717, 1.165) is 16.9 Å². The maximum atomic E-state index is 14.0. The van der Waals surface area contributed by atoms with E-state index in [4.69, 9.17) is 10.3 Å². The number of aromatic nitrogens is 1. The number of nitrogen functional groups attached to an aromatic ring is 1. The van der Waals surface area contributed by atoms with Crippen molar-refractivity contribution in [2.24, 2.45) is 0 Å². The Labute approximate surface area is 119 Å². The Morgan fingerprint density at radius 3 is 2.85 bits per heavy atom. The zero-order valence-corrected chi connectivity index (χ0v) is 11.7. The minimum atomic E-state index is -0.335. The fraction of sp³-hybridized carbons (Fsp3) is 0.133. The number of hydrogen-bond donors (Lipinski definition) is 1. The fourth-order valence-corrected chi connectivity index (χ4v) is 3.19. The van der Waals surface area contributed by atoms with E-state index in [2.05, 4.69) is 12.1 Å². The number of nitrogens with two attached hydrogens (primary N) is 1. The highest BCUT2D eigenvalue weighted by molar-refractivity contribution is 7.13. The molecule has 0 amide bonds. The van der Waals surface area contributed by atoms with E-state index in [1.807, 2.05) is 11.4 Å². The molecule has 2 N–H and O–H groups in total. The summed E-state index contributed by atoms with van der Waals surface area (Å²) in [7, 11) is 0. The van der Waals surface area contributed by atoms with Crippen molar-refractivity contribution in [2.45, 2.75) is 13.3 Å². The Kier molecular flexibility index (Phi) is 3.28. The second kappa shape index (κ2) is 5.09. The average Bonchev–Trinajstić information content (AvgIpc) is 3.05. The third kappa shape index (κ3) is 2.00. The maximum Gasteiger partial charge on any atom is 0.230 e. The molecule has 0 spiro atoms. The van der Waals surface area contributed by atoms with Gasteiger partial charge in [-0.05, 0) is 29.5 Å². The summed E-state index contributed by atoms with van der Waals surface area (Å²) in [5.41, 5.74) is 8.55. The largest absolute Gasteiger partial charge is 0.367 e. The predicted molar refractivity (Wildman–Crippen MR) is 79.0 cm³/mol. The second-order valence-electron chi connectivity index (χ2n) is 4.38. The summed E-state index contributed by atoms with van der Waals surface area (Å²) in [5.74, 6) is -0.196. The molecule has 5 heteroatoms. The quantitative estimate of drug-likeness (QED) is 0.779. The molecule has 0 aliphatic carbocycles. The molecular weight excluding hydrogens is 275 g/mol. The lowest BCUT2D eigenvalue weighted by Crippen LogP contribution is -1.91. The van der Waals surface area contributed by atoms with Crippen molar-refractivity contribution >= 4 is 17.2 Å². The monoisotopic (exact) mass is 288 g/mol. The molecule has 0 saturated heterocycles. The Hall–Kier alpha value is -2.14.